The topological polar surface area (TPSA) is 83.1 Å². The summed E-state index contributed by atoms with van der Waals surface area (Å²) in [4.78, 5) is 10.3. The molecule has 0 atom stereocenters. The Balaban J connectivity index is 1.51. The van der Waals surface area contributed by atoms with E-state index in [0.29, 0.717) is 16.4 Å². The highest BCUT2D eigenvalue weighted by molar-refractivity contribution is 6.31. The molecular formula is C19H13ClN4O3. The Labute approximate surface area is 158 Å². The van der Waals surface area contributed by atoms with Crippen LogP contribution in [0.2, 0.25) is 5.02 Å². The molecule has 0 unspecified atom stereocenters. The number of nitro groups is 1. The molecule has 0 bridgehead atoms. The average Bonchev–Trinajstić information content (AvgIpc) is 3.15. The largest absolute Gasteiger partial charge is 0.487 e. The minimum Gasteiger partial charge on any atom is -0.487 e. The summed E-state index contributed by atoms with van der Waals surface area (Å²) < 4.78 is 7.44. The van der Waals surface area contributed by atoms with Crippen molar-refractivity contribution in [2.75, 3.05) is 0 Å². The maximum absolute atomic E-state index is 10.7. The Hall–Kier alpha value is -3.45. The van der Waals surface area contributed by atoms with Crippen LogP contribution in [0.25, 0.3) is 16.5 Å². The molecule has 7 nitrogen and oxygen atoms in total. The van der Waals surface area contributed by atoms with E-state index in [-0.39, 0.29) is 12.3 Å². The summed E-state index contributed by atoms with van der Waals surface area (Å²) in [6, 6.07) is 17.5. The molecule has 0 fully saturated rings. The number of rotatable bonds is 5. The van der Waals surface area contributed by atoms with E-state index in [1.807, 2.05) is 36.4 Å². The van der Waals surface area contributed by atoms with Gasteiger partial charge in [0, 0.05) is 22.5 Å². The van der Waals surface area contributed by atoms with Crippen LogP contribution >= 0.6 is 11.6 Å². The number of hydrogen-bond donors (Lipinski definition) is 0. The highest BCUT2D eigenvalue weighted by Crippen LogP contribution is 2.28. The molecule has 0 aliphatic heterocycles. The molecule has 0 radical (unpaired) electrons. The maximum Gasteiger partial charge on any atom is 0.269 e. The first-order valence-electron chi connectivity index (χ1n) is 8.07. The van der Waals surface area contributed by atoms with E-state index < -0.39 is 4.92 Å². The van der Waals surface area contributed by atoms with E-state index in [0.717, 1.165) is 16.5 Å². The number of halogens is 1. The zero-order valence-electron chi connectivity index (χ0n) is 13.9. The van der Waals surface area contributed by atoms with Crippen molar-refractivity contribution >= 4 is 28.1 Å². The Morgan fingerprint density at radius 2 is 1.93 bits per heavy atom. The molecule has 0 saturated heterocycles. The van der Waals surface area contributed by atoms with Crippen LogP contribution in [-0.4, -0.2) is 19.9 Å². The Morgan fingerprint density at radius 3 is 2.70 bits per heavy atom. The molecule has 0 aliphatic carbocycles. The Kier molecular flexibility index (Phi) is 4.43. The monoisotopic (exact) mass is 380 g/mol. The lowest BCUT2D eigenvalue weighted by Crippen LogP contribution is -1.96. The van der Waals surface area contributed by atoms with E-state index in [1.165, 1.54) is 12.1 Å². The van der Waals surface area contributed by atoms with Gasteiger partial charge in [0.25, 0.3) is 5.69 Å². The lowest BCUT2D eigenvalue weighted by atomic mass is 10.1. The first-order chi connectivity index (χ1) is 13.1. The highest BCUT2D eigenvalue weighted by atomic mass is 35.5. The number of hydrogen-bond acceptors (Lipinski definition) is 5. The van der Waals surface area contributed by atoms with E-state index >= 15 is 0 Å². The molecule has 0 N–H and O–H groups in total. The van der Waals surface area contributed by atoms with Gasteiger partial charge in [-0.05, 0) is 41.8 Å². The quantitative estimate of drug-likeness (QED) is 0.374. The molecule has 134 valence electrons. The van der Waals surface area contributed by atoms with E-state index in [2.05, 4.69) is 10.3 Å². The summed E-state index contributed by atoms with van der Waals surface area (Å²) in [5, 5.41) is 21.5. The molecule has 0 saturated carbocycles. The fourth-order valence-electron chi connectivity index (χ4n) is 2.72. The average molecular weight is 381 g/mol. The smallest absolute Gasteiger partial charge is 0.269 e. The number of nitro benzene ring substituents is 1. The predicted octanol–water partition coefficient (Wildman–Crippen LogP) is 4.56. The minimum atomic E-state index is -0.443. The van der Waals surface area contributed by atoms with Gasteiger partial charge >= 0.3 is 0 Å². The standard InChI is InChI=1S/C19H13ClN4O3/c20-14-4-9-18-13(10-14)2-1-3-19(18)27-12-15-11-23(22-21-15)16-5-7-17(8-6-16)24(25)26/h1-11H,12H2. The lowest BCUT2D eigenvalue weighted by molar-refractivity contribution is -0.384. The highest BCUT2D eigenvalue weighted by Gasteiger charge is 2.08. The van der Waals surface area contributed by atoms with Gasteiger partial charge in [-0.3, -0.25) is 10.1 Å². The first kappa shape index (κ1) is 17.0. The Bertz CT molecular complexity index is 1130. The van der Waals surface area contributed by atoms with Crippen LogP contribution in [0.4, 0.5) is 5.69 Å². The number of ether oxygens (including phenoxy) is 1. The molecule has 27 heavy (non-hydrogen) atoms. The summed E-state index contributed by atoms with van der Waals surface area (Å²) >= 11 is 6.03. The zero-order chi connectivity index (χ0) is 18.8. The van der Waals surface area contributed by atoms with Gasteiger partial charge in [-0.15, -0.1) is 5.10 Å². The number of nitrogens with zero attached hydrogens (tertiary/aromatic N) is 4. The van der Waals surface area contributed by atoms with Crippen LogP contribution in [0, 0.1) is 10.1 Å². The second-order valence-electron chi connectivity index (χ2n) is 5.84. The maximum atomic E-state index is 10.7. The molecule has 0 amide bonds. The molecule has 4 aromatic rings. The van der Waals surface area contributed by atoms with Crippen LogP contribution < -0.4 is 4.74 Å². The van der Waals surface area contributed by atoms with E-state index in [4.69, 9.17) is 16.3 Å². The summed E-state index contributed by atoms with van der Waals surface area (Å²) in [7, 11) is 0. The van der Waals surface area contributed by atoms with Crippen molar-refractivity contribution in [2.45, 2.75) is 6.61 Å². The predicted molar refractivity (Wildman–Crippen MR) is 101 cm³/mol. The SMILES string of the molecule is O=[N+]([O-])c1ccc(-n2cc(COc3cccc4cc(Cl)ccc34)nn2)cc1. The summed E-state index contributed by atoms with van der Waals surface area (Å²) in [6.45, 7) is 0.245. The first-order valence-corrected chi connectivity index (χ1v) is 8.45. The second-order valence-corrected chi connectivity index (χ2v) is 6.27. The van der Waals surface area contributed by atoms with Crippen molar-refractivity contribution in [3.05, 3.63) is 87.7 Å². The van der Waals surface area contributed by atoms with Crippen molar-refractivity contribution in [2.24, 2.45) is 0 Å². The van der Waals surface area contributed by atoms with Crippen molar-refractivity contribution in [1.82, 2.24) is 15.0 Å². The van der Waals surface area contributed by atoms with Gasteiger partial charge < -0.3 is 4.74 Å². The van der Waals surface area contributed by atoms with Crippen LogP contribution in [0.1, 0.15) is 5.69 Å². The third-order valence-electron chi connectivity index (χ3n) is 4.04. The van der Waals surface area contributed by atoms with Crippen LogP contribution in [0.3, 0.4) is 0 Å². The number of non-ortho nitro benzene ring substituents is 1. The normalized spacial score (nSPS) is 10.9. The van der Waals surface area contributed by atoms with Crippen LogP contribution in [0.5, 0.6) is 5.75 Å². The van der Waals surface area contributed by atoms with Gasteiger partial charge in [-0.25, -0.2) is 4.68 Å². The van der Waals surface area contributed by atoms with E-state index in [9.17, 15) is 10.1 Å². The van der Waals surface area contributed by atoms with Gasteiger partial charge in [0.05, 0.1) is 16.8 Å². The Morgan fingerprint density at radius 1 is 1.11 bits per heavy atom. The third kappa shape index (κ3) is 3.58. The van der Waals surface area contributed by atoms with Gasteiger partial charge in [-0.2, -0.15) is 0 Å². The van der Waals surface area contributed by atoms with E-state index in [1.54, 1.807) is 23.0 Å². The molecule has 0 aliphatic rings. The fourth-order valence-corrected chi connectivity index (χ4v) is 2.90. The van der Waals surface area contributed by atoms with Gasteiger partial charge in [-0.1, -0.05) is 28.9 Å². The number of aromatic nitrogens is 3. The van der Waals surface area contributed by atoms with Crippen molar-refractivity contribution in [3.63, 3.8) is 0 Å². The summed E-state index contributed by atoms with van der Waals surface area (Å²) in [5.41, 5.74) is 1.34. The summed E-state index contributed by atoms with van der Waals surface area (Å²) in [5.74, 6) is 0.731. The van der Waals surface area contributed by atoms with Crippen LogP contribution in [0.15, 0.2) is 66.9 Å². The fraction of sp³-hybridized carbons (Fsp3) is 0.0526. The second kappa shape index (κ2) is 7.05. The number of benzene rings is 3. The molecule has 8 heteroatoms. The lowest BCUT2D eigenvalue weighted by Gasteiger charge is -2.08. The van der Waals surface area contributed by atoms with Crippen molar-refractivity contribution in [3.8, 4) is 11.4 Å². The summed E-state index contributed by atoms with van der Waals surface area (Å²) in [6.07, 6.45) is 1.73. The van der Waals surface area contributed by atoms with Crippen LogP contribution in [-0.2, 0) is 6.61 Å². The molecule has 1 heterocycles. The molecule has 0 spiro atoms. The number of fused-ring (bicyclic) bond motifs is 1. The third-order valence-corrected chi connectivity index (χ3v) is 4.28. The van der Waals surface area contributed by atoms with Crippen molar-refractivity contribution in [1.29, 1.82) is 0 Å². The van der Waals surface area contributed by atoms with Crippen molar-refractivity contribution < 1.29 is 9.66 Å². The molecule has 3 aromatic carbocycles. The molecule has 4 rings (SSSR count). The van der Waals surface area contributed by atoms with Gasteiger partial charge in [0.1, 0.15) is 18.1 Å². The van der Waals surface area contributed by atoms with Gasteiger partial charge in [0.15, 0.2) is 0 Å². The molecule has 1 aromatic heterocycles. The minimum absolute atomic E-state index is 0.0264. The molecular weight excluding hydrogens is 368 g/mol. The van der Waals surface area contributed by atoms with Gasteiger partial charge in [0.2, 0.25) is 0 Å². The zero-order valence-corrected chi connectivity index (χ0v) is 14.7.